The second kappa shape index (κ2) is 10.3. The molecule has 2 aromatic rings. The molecule has 164 valence electrons. The van der Waals surface area contributed by atoms with Gasteiger partial charge in [0.15, 0.2) is 5.96 Å². The fourth-order valence-electron chi connectivity index (χ4n) is 3.93. The minimum absolute atomic E-state index is 0.219. The summed E-state index contributed by atoms with van der Waals surface area (Å²) in [4.78, 5) is 9.06. The maximum atomic E-state index is 5.38. The Labute approximate surface area is 179 Å². The third kappa shape index (κ3) is 5.66. The van der Waals surface area contributed by atoms with Crippen LogP contribution in [-0.4, -0.2) is 74.6 Å². The van der Waals surface area contributed by atoms with Gasteiger partial charge in [-0.1, -0.05) is 6.07 Å². The van der Waals surface area contributed by atoms with Crippen LogP contribution in [0.3, 0.4) is 0 Å². The van der Waals surface area contributed by atoms with Crippen LogP contribution in [0.15, 0.2) is 41.7 Å². The molecule has 1 aromatic heterocycles. The zero-order valence-corrected chi connectivity index (χ0v) is 18.8. The van der Waals surface area contributed by atoms with Crippen molar-refractivity contribution in [3.05, 3.63) is 42.2 Å². The number of nitrogens with one attached hydrogen (secondary N) is 2. The van der Waals surface area contributed by atoms with Crippen molar-refractivity contribution in [2.24, 2.45) is 12.0 Å². The van der Waals surface area contributed by atoms with E-state index in [-0.39, 0.29) is 6.04 Å². The summed E-state index contributed by atoms with van der Waals surface area (Å²) in [5.74, 6) is 1.73. The van der Waals surface area contributed by atoms with E-state index in [1.165, 1.54) is 11.3 Å². The molecule has 0 radical (unpaired) electrons. The Balaban J connectivity index is 1.58. The van der Waals surface area contributed by atoms with Gasteiger partial charge >= 0.3 is 0 Å². The average molecular weight is 414 g/mol. The van der Waals surface area contributed by atoms with Crippen LogP contribution in [0.4, 0.5) is 5.69 Å². The van der Waals surface area contributed by atoms with E-state index in [1.807, 2.05) is 37.1 Å². The van der Waals surface area contributed by atoms with Gasteiger partial charge in [-0.25, -0.2) is 0 Å². The van der Waals surface area contributed by atoms with E-state index in [1.54, 1.807) is 7.11 Å². The maximum Gasteiger partial charge on any atom is 0.191 e. The minimum Gasteiger partial charge on any atom is -0.497 e. The molecule has 30 heavy (non-hydrogen) atoms. The molecule has 8 nitrogen and oxygen atoms in total. The van der Waals surface area contributed by atoms with E-state index in [9.17, 15) is 0 Å². The molecule has 2 atom stereocenters. The molecule has 0 amide bonds. The van der Waals surface area contributed by atoms with Crippen molar-refractivity contribution >= 4 is 11.6 Å². The highest BCUT2D eigenvalue weighted by Crippen LogP contribution is 2.24. The third-order valence-electron chi connectivity index (χ3n) is 5.60. The van der Waals surface area contributed by atoms with Crippen LogP contribution < -0.4 is 20.3 Å². The number of aryl methyl sites for hydroxylation is 1. The lowest BCUT2D eigenvalue weighted by Crippen LogP contribution is -2.52. The number of benzene rings is 1. The molecule has 0 saturated carbocycles. The number of aliphatic imine (C=N–C) groups is 1. The van der Waals surface area contributed by atoms with E-state index in [0.717, 1.165) is 44.2 Å². The van der Waals surface area contributed by atoms with Crippen molar-refractivity contribution in [2.75, 3.05) is 52.8 Å². The Kier molecular flexibility index (Phi) is 7.57. The lowest BCUT2D eigenvalue weighted by Gasteiger charge is -2.35. The molecular formula is C22H35N7O. The number of aromatic nitrogens is 2. The van der Waals surface area contributed by atoms with Crippen molar-refractivity contribution in [1.29, 1.82) is 0 Å². The zero-order valence-electron chi connectivity index (χ0n) is 18.8. The van der Waals surface area contributed by atoms with Gasteiger partial charge in [-0.15, -0.1) is 0 Å². The van der Waals surface area contributed by atoms with Crippen LogP contribution in [0.2, 0.25) is 0 Å². The van der Waals surface area contributed by atoms with Gasteiger partial charge in [-0.2, -0.15) is 5.10 Å². The van der Waals surface area contributed by atoms with Crippen molar-refractivity contribution in [1.82, 2.24) is 25.3 Å². The van der Waals surface area contributed by atoms with Crippen LogP contribution in [0, 0.1) is 0 Å². The summed E-state index contributed by atoms with van der Waals surface area (Å²) in [6.45, 7) is 2.75. The second-order valence-corrected chi connectivity index (χ2v) is 8.01. The standard InChI is InChI=1S/C22H35N7O/c1-23-22(24-14-21(27(2)3)17-13-25-28(4)15-17)26-18-8-7-11-29(16-18)19-9-6-10-20(12-19)30-5/h6,9-10,12-13,15,18,21H,7-8,11,14,16H2,1-5H3,(H2,23,24,26). The molecule has 1 saturated heterocycles. The van der Waals surface area contributed by atoms with Crippen LogP contribution >= 0.6 is 0 Å². The van der Waals surface area contributed by atoms with Gasteiger partial charge in [0.25, 0.3) is 0 Å². The van der Waals surface area contributed by atoms with Gasteiger partial charge in [0, 0.05) is 63.3 Å². The lowest BCUT2D eigenvalue weighted by atomic mass is 10.0. The first kappa shape index (κ1) is 22.0. The molecule has 1 aliphatic rings. The molecular weight excluding hydrogens is 378 g/mol. The largest absolute Gasteiger partial charge is 0.497 e. The van der Waals surface area contributed by atoms with Crippen molar-refractivity contribution < 1.29 is 4.74 Å². The average Bonchev–Trinajstić information content (AvgIpc) is 3.18. The molecule has 2 heterocycles. The van der Waals surface area contributed by atoms with Gasteiger partial charge < -0.3 is 25.2 Å². The summed E-state index contributed by atoms with van der Waals surface area (Å²) in [7, 11) is 9.65. The van der Waals surface area contributed by atoms with Gasteiger partial charge in [0.05, 0.1) is 19.3 Å². The number of nitrogens with zero attached hydrogens (tertiary/aromatic N) is 5. The Bertz CT molecular complexity index is 832. The number of guanidine groups is 1. The minimum atomic E-state index is 0.219. The normalized spacial score (nSPS) is 18.4. The van der Waals surface area contributed by atoms with Gasteiger partial charge in [0.1, 0.15) is 5.75 Å². The summed E-state index contributed by atoms with van der Waals surface area (Å²) >= 11 is 0. The van der Waals surface area contributed by atoms with Gasteiger partial charge in [-0.05, 0) is 39.1 Å². The van der Waals surface area contributed by atoms with E-state index >= 15 is 0 Å². The predicted octanol–water partition coefficient (Wildman–Crippen LogP) is 1.87. The van der Waals surface area contributed by atoms with Crippen molar-refractivity contribution in [3.63, 3.8) is 0 Å². The summed E-state index contributed by atoms with van der Waals surface area (Å²) in [6, 6.07) is 8.84. The predicted molar refractivity (Wildman–Crippen MR) is 122 cm³/mol. The molecule has 1 aromatic carbocycles. The number of methoxy groups -OCH3 is 1. The molecule has 1 aliphatic heterocycles. The molecule has 2 N–H and O–H groups in total. The topological polar surface area (TPSA) is 70.0 Å². The van der Waals surface area contributed by atoms with Gasteiger partial charge in [0.2, 0.25) is 0 Å². The Hall–Kier alpha value is -2.74. The highest BCUT2D eigenvalue weighted by molar-refractivity contribution is 5.80. The SMILES string of the molecule is CN=C(NCC(c1cnn(C)c1)N(C)C)NC1CCCN(c2cccc(OC)c2)C1. The Morgan fingerprint density at radius 2 is 2.23 bits per heavy atom. The van der Waals surface area contributed by atoms with Gasteiger partial charge in [-0.3, -0.25) is 9.67 Å². The summed E-state index contributed by atoms with van der Waals surface area (Å²) < 4.78 is 7.23. The molecule has 0 bridgehead atoms. The summed E-state index contributed by atoms with van der Waals surface area (Å²) in [6.07, 6.45) is 6.26. The number of hydrogen-bond donors (Lipinski definition) is 2. The van der Waals surface area contributed by atoms with Crippen molar-refractivity contribution in [3.8, 4) is 5.75 Å². The van der Waals surface area contributed by atoms with E-state index in [0.29, 0.717) is 6.04 Å². The number of piperidine rings is 1. The zero-order chi connectivity index (χ0) is 21.5. The number of anilines is 1. The van der Waals surface area contributed by atoms with Crippen LogP contribution in [0.1, 0.15) is 24.4 Å². The quantitative estimate of drug-likeness (QED) is 0.533. The fourth-order valence-corrected chi connectivity index (χ4v) is 3.93. The van der Waals surface area contributed by atoms with Crippen LogP contribution in [0.5, 0.6) is 5.75 Å². The second-order valence-electron chi connectivity index (χ2n) is 8.01. The molecule has 2 unspecified atom stereocenters. The summed E-state index contributed by atoms with van der Waals surface area (Å²) in [5.41, 5.74) is 2.39. The first-order valence-corrected chi connectivity index (χ1v) is 10.5. The molecule has 0 spiro atoms. The number of hydrogen-bond acceptors (Lipinski definition) is 5. The highest BCUT2D eigenvalue weighted by atomic mass is 16.5. The number of likely N-dealkylation sites (N-methyl/N-ethyl adjacent to an activating group) is 1. The smallest absolute Gasteiger partial charge is 0.191 e. The lowest BCUT2D eigenvalue weighted by molar-refractivity contribution is 0.297. The molecule has 1 fully saturated rings. The van der Waals surface area contributed by atoms with E-state index < -0.39 is 0 Å². The molecule has 3 rings (SSSR count). The number of ether oxygens (including phenoxy) is 1. The third-order valence-corrected chi connectivity index (χ3v) is 5.60. The van der Waals surface area contributed by atoms with Crippen LogP contribution in [-0.2, 0) is 7.05 Å². The highest BCUT2D eigenvalue weighted by Gasteiger charge is 2.22. The Morgan fingerprint density at radius 1 is 1.40 bits per heavy atom. The van der Waals surface area contributed by atoms with Crippen molar-refractivity contribution in [2.45, 2.75) is 24.9 Å². The monoisotopic (exact) mass is 413 g/mol. The first-order chi connectivity index (χ1) is 14.5. The fraction of sp³-hybridized carbons (Fsp3) is 0.545. The Morgan fingerprint density at radius 3 is 2.90 bits per heavy atom. The summed E-state index contributed by atoms with van der Waals surface area (Å²) in [5, 5.41) is 11.4. The molecule has 0 aliphatic carbocycles. The van der Waals surface area contributed by atoms with Crippen LogP contribution in [0.25, 0.3) is 0 Å². The number of rotatable bonds is 7. The maximum absolute atomic E-state index is 5.38. The molecule has 8 heteroatoms. The van der Waals surface area contributed by atoms with E-state index in [2.05, 4.69) is 62.9 Å². The van der Waals surface area contributed by atoms with E-state index in [4.69, 9.17) is 4.74 Å². The first-order valence-electron chi connectivity index (χ1n) is 10.5.